The van der Waals surface area contributed by atoms with Gasteiger partial charge in [-0.3, -0.25) is 4.79 Å². The molecule has 0 aliphatic carbocycles. The van der Waals surface area contributed by atoms with E-state index in [2.05, 4.69) is 9.88 Å². The Morgan fingerprint density at radius 1 is 1.24 bits per heavy atom. The maximum Gasteiger partial charge on any atom is 0.265 e. The van der Waals surface area contributed by atoms with Crippen LogP contribution in [0.25, 0.3) is 0 Å². The Labute approximate surface area is 128 Å². The predicted molar refractivity (Wildman–Crippen MR) is 85.8 cm³/mol. The van der Waals surface area contributed by atoms with Gasteiger partial charge in [-0.05, 0) is 19.1 Å². The second kappa shape index (κ2) is 5.73. The second-order valence-corrected chi connectivity index (χ2v) is 6.32. The van der Waals surface area contributed by atoms with Crippen molar-refractivity contribution in [2.75, 3.05) is 36.8 Å². The van der Waals surface area contributed by atoms with Crippen molar-refractivity contribution in [3.05, 3.63) is 40.3 Å². The molecule has 1 amide bonds. The van der Waals surface area contributed by atoms with E-state index < -0.39 is 0 Å². The number of nitrogens with zero attached hydrogens (tertiary/aromatic N) is 3. The molecule has 0 atom stereocenters. The predicted octanol–water partition coefficient (Wildman–Crippen LogP) is 2.00. The largest absolute Gasteiger partial charge is 0.397 e. The average Bonchev–Trinajstić information content (AvgIpc) is 2.94. The van der Waals surface area contributed by atoms with E-state index in [-0.39, 0.29) is 5.91 Å². The lowest BCUT2D eigenvalue weighted by Gasteiger charge is -2.36. The third-order valence-electron chi connectivity index (χ3n) is 3.68. The summed E-state index contributed by atoms with van der Waals surface area (Å²) < 4.78 is 0. The quantitative estimate of drug-likeness (QED) is 0.862. The Morgan fingerprint density at radius 2 is 1.95 bits per heavy atom. The molecule has 21 heavy (non-hydrogen) atoms. The highest BCUT2D eigenvalue weighted by Gasteiger charge is 2.24. The Kier molecular flexibility index (Phi) is 3.79. The standard InChI is InChI=1S/C15H18N4OS/c1-11-17-10-14(21-11)15(20)19-8-6-18(7-9-19)13-5-3-2-4-12(13)16/h2-5,10H,6-9,16H2,1H3. The molecule has 1 aromatic carbocycles. The van der Waals surface area contributed by atoms with Crippen molar-refractivity contribution in [2.45, 2.75) is 6.92 Å². The number of nitrogen functional groups attached to an aromatic ring is 1. The zero-order valence-electron chi connectivity index (χ0n) is 12.0. The lowest BCUT2D eigenvalue weighted by molar-refractivity contribution is 0.0751. The third kappa shape index (κ3) is 2.85. The fourth-order valence-corrected chi connectivity index (χ4v) is 3.29. The van der Waals surface area contributed by atoms with Crippen LogP contribution in [0.2, 0.25) is 0 Å². The smallest absolute Gasteiger partial charge is 0.265 e. The number of aromatic nitrogens is 1. The van der Waals surface area contributed by atoms with Gasteiger partial charge >= 0.3 is 0 Å². The molecular weight excluding hydrogens is 284 g/mol. The number of para-hydroxylation sites is 2. The molecule has 0 unspecified atom stereocenters. The summed E-state index contributed by atoms with van der Waals surface area (Å²) in [6, 6.07) is 7.86. The van der Waals surface area contributed by atoms with Crippen molar-refractivity contribution in [1.29, 1.82) is 0 Å². The molecule has 6 heteroatoms. The first-order valence-electron chi connectivity index (χ1n) is 6.96. The fraction of sp³-hybridized carbons (Fsp3) is 0.333. The summed E-state index contributed by atoms with van der Waals surface area (Å²) in [6.07, 6.45) is 1.67. The van der Waals surface area contributed by atoms with Crippen molar-refractivity contribution in [3.8, 4) is 0 Å². The minimum absolute atomic E-state index is 0.0845. The van der Waals surface area contributed by atoms with Crippen LogP contribution < -0.4 is 10.6 Å². The Balaban J connectivity index is 1.65. The number of anilines is 2. The number of carbonyl (C=O) groups excluding carboxylic acids is 1. The first-order chi connectivity index (χ1) is 10.1. The molecule has 5 nitrogen and oxygen atoms in total. The Bertz CT molecular complexity index is 647. The summed E-state index contributed by atoms with van der Waals surface area (Å²) in [5.74, 6) is 0.0845. The number of thiazole rings is 1. The van der Waals surface area contributed by atoms with Gasteiger partial charge < -0.3 is 15.5 Å². The van der Waals surface area contributed by atoms with E-state index >= 15 is 0 Å². The first kappa shape index (κ1) is 13.9. The van der Waals surface area contributed by atoms with E-state index in [9.17, 15) is 4.79 Å². The molecule has 2 heterocycles. The van der Waals surface area contributed by atoms with Crippen LogP contribution in [0.15, 0.2) is 30.5 Å². The molecule has 1 fully saturated rings. The summed E-state index contributed by atoms with van der Waals surface area (Å²) in [4.78, 5) is 21.4. The zero-order valence-corrected chi connectivity index (χ0v) is 12.8. The number of rotatable bonds is 2. The minimum atomic E-state index is 0.0845. The molecular formula is C15H18N4OS. The van der Waals surface area contributed by atoms with Crippen LogP contribution >= 0.6 is 11.3 Å². The lowest BCUT2D eigenvalue weighted by Crippen LogP contribution is -2.48. The highest BCUT2D eigenvalue weighted by molar-refractivity contribution is 7.13. The van der Waals surface area contributed by atoms with Gasteiger partial charge in [0.2, 0.25) is 0 Å². The Morgan fingerprint density at radius 3 is 2.57 bits per heavy atom. The molecule has 0 spiro atoms. The summed E-state index contributed by atoms with van der Waals surface area (Å²) in [7, 11) is 0. The van der Waals surface area contributed by atoms with Crippen molar-refractivity contribution < 1.29 is 4.79 Å². The number of piperazine rings is 1. The maximum absolute atomic E-state index is 12.4. The zero-order chi connectivity index (χ0) is 14.8. The van der Waals surface area contributed by atoms with Gasteiger partial charge in [-0.15, -0.1) is 11.3 Å². The maximum atomic E-state index is 12.4. The number of carbonyl (C=O) groups is 1. The fourth-order valence-electron chi connectivity index (χ4n) is 2.54. The Hall–Kier alpha value is -2.08. The highest BCUT2D eigenvalue weighted by Crippen LogP contribution is 2.24. The molecule has 0 radical (unpaired) electrons. The number of hydrogen-bond donors (Lipinski definition) is 1. The molecule has 1 aliphatic heterocycles. The molecule has 1 aliphatic rings. The van der Waals surface area contributed by atoms with Crippen molar-refractivity contribution in [3.63, 3.8) is 0 Å². The molecule has 0 saturated carbocycles. The van der Waals surface area contributed by atoms with Gasteiger partial charge in [-0.2, -0.15) is 0 Å². The van der Waals surface area contributed by atoms with Gasteiger partial charge in [0.25, 0.3) is 5.91 Å². The second-order valence-electron chi connectivity index (χ2n) is 5.08. The molecule has 3 rings (SSSR count). The van der Waals surface area contributed by atoms with Gasteiger partial charge in [0.15, 0.2) is 0 Å². The minimum Gasteiger partial charge on any atom is -0.397 e. The van der Waals surface area contributed by atoms with E-state index in [1.165, 1.54) is 11.3 Å². The topological polar surface area (TPSA) is 62.5 Å². The number of aryl methyl sites for hydroxylation is 1. The van der Waals surface area contributed by atoms with Gasteiger partial charge in [0, 0.05) is 26.2 Å². The van der Waals surface area contributed by atoms with E-state index in [1.807, 2.05) is 36.1 Å². The van der Waals surface area contributed by atoms with Crippen molar-refractivity contribution in [1.82, 2.24) is 9.88 Å². The van der Waals surface area contributed by atoms with Crippen molar-refractivity contribution >= 4 is 28.6 Å². The molecule has 2 aromatic rings. The van der Waals surface area contributed by atoms with Gasteiger partial charge in [0.05, 0.1) is 22.6 Å². The van der Waals surface area contributed by atoms with E-state index in [4.69, 9.17) is 5.73 Å². The monoisotopic (exact) mass is 302 g/mol. The third-order valence-corrected chi connectivity index (χ3v) is 4.58. The van der Waals surface area contributed by atoms with Gasteiger partial charge in [-0.25, -0.2) is 4.98 Å². The average molecular weight is 302 g/mol. The number of benzene rings is 1. The SMILES string of the molecule is Cc1ncc(C(=O)N2CCN(c3ccccc3N)CC2)s1. The number of hydrogen-bond acceptors (Lipinski definition) is 5. The van der Waals surface area contributed by atoms with Crippen molar-refractivity contribution in [2.24, 2.45) is 0 Å². The molecule has 2 N–H and O–H groups in total. The van der Waals surface area contributed by atoms with Crippen LogP contribution in [0, 0.1) is 6.92 Å². The number of amides is 1. The van der Waals surface area contributed by atoms with Crippen LogP contribution in [0.1, 0.15) is 14.7 Å². The first-order valence-corrected chi connectivity index (χ1v) is 7.78. The lowest BCUT2D eigenvalue weighted by atomic mass is 10.2. The van der Waals surface area contributed by atoms with Crippen LogP contribution in [0.3, 0.4) is 0 Å². The van der Waals surface area contributed by atoms with Gasteiger partial charge in [-0.1, -0.05) is 12.1 Å². The molecule has 0 bridgehead atoms. The van der Waals surface area contributed by atoms with Crippen LogP contribution in [0.5, 0.6) is 0 Å². The van der Waals surface area contributed by atoms with E-state index in [0.717, 1.165) is 34.3 Å². The summed E-state index contributed by atoms with van der Waals surface area (Å²) in [5, 5.41) is 0.925. The number of nitrogens with two attached hydrogens (primary N) is 1. The molecule has 1 saturated heterocycles. The summed E-state index contributed by atoms with van der Waals surface area (Å²) in [5.41, 5.74) is 7.85. The van der Waals surface area contributed by atoms with Crippen LogP contribution in [-0.4, -0.2) is 42.0 Å². The highest BCUT2D eigenvalue weighted by atomic mass is 32.1. The molecule has 1 aromatic heterocycles. The summed E-state index contributed by atoms with van der Waals surface area (Å²) in [6.45, 7) is 4.95. The van der Waals surface area contributed by atoms with Crippen LogP contribution in [-0.2, 0) is 0 Å². The van der Waals surface area contributed by atoms with Gasteiger partial charge in [0.1, 0.15) is 4.88 Å². The van der Waals surface area contributed by atoms with E-state index in [1.54, 1.807) is 6.20 Å². The molecule has 110 valence electrons. The normalized spacial score (nSPS) is 15.3. The summed E-state index contributed by atoms with van der Waals surface area (Å²) >= 11 is 1.45. The van der Waals surface area contributed by atoms with E-state index in [0.29, 0.717) is 13.1 Å². The van der Waals surface area contributed by atoms with Crippen LogP contribution in [0.4, 0.5) is 11.4 Å².